The summed E-state index contributed by atoms with van der Waals surface area (Å²) in [6.07, 6.45) is 1.90. The average molecular weight is 786 g/mol. The van der Waals surface area contributed by atoms with Crippen molar-refractivity contribution >= 4 is 67.7 Å². The first kappa shape index (κ1) is 33.1. The van der Waals surface area contributed by atoms with Crippen LogP contribution in [0, 0.1) is 0 Å². The van der Waals surface area contributed by atoms with Crippen LogP contribution in [0.5, 0.6) is 11.5 Å². The average Bonchev–Trinajstić information content (AvgIpc) is 3.84. The number of hydrogen-bond acceptors (Lipinski definition) is 4. The minimum absolute atomic E-state index is 0.0540. The van der Waals surface area contributed by atoms with Crippen molar-refractivity contribution in [2.24, 2.45) is 0 Å². The fourth-order valence-corrected chi connectivity index (χ4v) is 13.7. The van der Waals surface area contributed by atoms with Gasteiger partial charge in [-0.1, -0.05) is 142 Å². The Morgan fingerprint density at radius 1 is 0.559 bits per heavy atom. The predicted octanol–water partition coefficient (Wildman–Crippen LogP) is 10.2. The van der Waals surface area contributed by atoms with Crippen molar-refractivity contribution in [3.05, 3.63) is 200 Å². The van der Waals surface area contributed by atoms with Crippen LogP contribution in [0.4, 0.5) is 17.1 Å². The highest BCUT2D eigenvalue weighted by Crippen LogP contribution is 2.41. The van der Waals surface area contributed by atoms with Crippen molar-refractivity contribution in [2.45, 2.75) is 26.2 Å². The zero-order chi connectivity index (χ0) is 42.6. The van der Waals surface area contributed by atoms with Gasteiger partial charge in [0.05, 0.1) is 29.1 Å². The largest absolute Gasteiger partial charge is 0.457 e. The SMILES string of the molecule is [2H]C([2H])([2H])N1CN(c2cc(Oc3ccc4c5ccccc5n(-c5cc(C(C)(C)C)ccn5)c4c3)cc([Si](c3ccccc3)(c3ccccc3)c3ccccc3)c2)c2ccccc21. The molecule has 0 fully saturated rings. The number of para-hydroxylation sites is 3. The van der Waals surface area contributed by atoms with Crippen LogP contribution in [0.2, 0.25) is 0 Å². The summed E-state index contributed by atoms with van der Waals surface area (Å²) < 4.78 is 34.9. The van der Waals surface area contributed by atoms with E-state index in [0.29, 0.717) is 17.2 Å². The third-order valence-corrected chi connectivity index (χ3v) is 16.5. The lowest BCUT2D eigenvalue weighted by molar-refractivity contribution is 0.484. The molecular weight excluding hydrogens is 737 g/mol. The fourth-order valence-electron chi connectivity index (χ4n) is 8.92. The van der Waals surface area contributed by atoms with Gasteiger partial charge in [-0.25, -0.2) is 4.98 Å². The zero-order valence-corrected chi connectivity index (χ0v) is 34.4. The summed E-state index contributed by atoms with van der Waals surface area (Å²) >= 11 is 0. The molecule has 3 heterocycles. The molecule has 0 spiro atoms. The van der Waals surface area contributed by atoms with Crippen LogP contribution >= 0.6 is 0 Å². The number of fused-ring (bicyclic) bond motifs is 4. The predicted molar refractivity (Wildman–Crippen MR) is 249 cm³/mol. The molecule has 0 unspecified atom stereocenters. The third kappa shape index (κ3) is 6.28. The van der Waals surface area contributed by atoms with E-state index in [1.54, 1.807) is 0 Å². The molecule has 0 saturated heterocycles. The van der Waals surface area contributed by atoms with Gasteiger partial charge in [-0.15, -0.1) is 0 Å². The molecule has 0 N–H and O–H groups in total. The summed E-state index contributed by atoms with van der Waals surface area (Å²) in [6, 6.07) is 65.7. The molecule has 288 valence electrons. The van der Waals surface area contributed by atoms with Crippen molar-refractivity contribution in [3.8, 4) is 17.3 Å². The summed E-state index contributed by atoms with van der Waals surface area (Å²) in [4.78, 5) is 8.51. The van der Waals surface area contributed by atoms with Gasteiger partial charge in [0, 0.05) is 45.9 Å². The van der Waals surface area contributed by atoms with Crippen LogP contribution in [-0.4, -0.2) is 31.3 Å². The van der Waals surface area contributed by atoms with Crippen LogP contribution in [-0.2, 0) is 5.41 Å². The Labute approximate surface area is 351 Å². The summed E-state index contributed by atoms with van der Waals surface area (Å²) in [6.45, 7) is 4.48. The highest BCUT2D eigenvalue weighted by Gasteiger charge is 2.42. The molecule has 0 radical (unpaired) electrons. The highest BCUT2D eigenvalue weighted by molar-refractivity contribution is 7.20. The van der Waals surface area contributed by atoms with Crippen LogP contribution in [0.1, 0.15) is 30.4 Å². The van der Waals surface area contributed by atoms with E-state index in [4.69, 9.17) is 13.8 Å². The van der Waals surface area contributed by atoms with E-state index in [2.05, 4.69) is 188 Å². The number of hydrogen-bond donors (Lipinski definition) is 0. The first-order chi connectivity index (χ1) is 30.0. The van der Waals surface area contributed by atoms with E-state index < -0.39 is 15.0 Å². The second-order valence-corrected chi connectivity index (χ2v) is 20.1. The Balaban J connectivity index is 1.21. The van der Waals surface area contributed by atoms with Gasteiger partial charge in [-0.2, -0.15) is 0 Å². The third-order valence-electron chi connectivity index (χ3n) is 11.7. The monoisotopic (exact) mass is 785 g/mol. The Morgan fingerprint density at radius 2 is 1.17 bits per heavy atom. The topological polar surface area (TPSA) is 33.5 Å². The molecule has 2 aromatic heterocycles. The van der Waals surface area contributed by atoms with Crippen molar-refractivity contribution < 1.29 is 8.85 Å². The van der Waals surface area contributed by atoms with Gasteiger partial charge in [0.25, 0.3) is 0 Å². The number of ether oxygens (including phenoxy) is 1. The Kier molecular flexibility index (Phi) is 8.13. The molecule has 0 amide bonds. The standard InChI is InChI=1S/C53H46N4OSi/c1-53(2,3)38-30-31-54-52(32-38)57-48-25-15-14-24-46(48)47-29-28-40(36-51(47)57)58-41-33-39(56-37-55(4)49-26-16-17-27-50(49)56)34-45(35-41)59(42-18-8-5-9-19-42,43-20-10-6-11-21-43)44-22-12-7-13-23-44/h5-36H,37H2,1-4H3/i4D3. The smallest absolute Gasteiger partial charge is 0.179 e. The minimum atomic E-state index is -3.06. The maximum atomic E-state index is 8.52. The number of aromatic nitrogens is 2. The molecule has 0 atom stereocenters. The molecule has 1 aliphatic rings. The maximum absolute atomic E-state index is 8.52. The van der Waals surface area contributed by atoms with Gasteiger partial charge < -0.3 is 14.5 Å². The van der Waals surface area contributed by atoms with E-state index in [0.717, 1.165) is 44.2 Å². The summed E-state index contributed by atoms with van der Waals surface area (Å²) in [7, 11) is -3.06. The molecule has 0 aliphatic carbocycles. The first-order valence-corrected chi connectivity index (χ1v) is 22.1. The van der Waals surface area contributed by atoms with E-state index in [1.165, 1.54) is 26.0 Å². The fraction of sp³-hybridized carbons (Fsp3) is 0.113. The lowest BCUT2D eigenvalue weighted by Gasteiger charge is -2.35. The van der Waals surface area contributed by atoms with Crippen molar-refractivity contribution in [2.75, 3.05) is 23.4 Å². The molecule has 7 aromatic carbocycles. The zero-order valence-electron chi connectivity index (χ0n) is 36.4. The molecular formula is C53H46N4OSi. The molecule has 0 bridgehead atoms. The molecule has 10 rings (SSSR count). The van der Waals surface area contributed by atoms with Crippen molar-refractivity contribution in [1.29, 1.82) is 0 Å². The van der Waals surface area contributed by atoms with Gasteiger partial charge in [0.15, 0.2) is 8.07 Å². The molecule has 5 nitrogen and oxygen atoms in total. The van der Waals surface area contributed by atoms with Crippen molar-refractivity contribution in [3.63, 3.8) is 0 Å². The molecule has 1 aliphatic heterocycles. The quantitative estimate of drug-likeness (QED) is 0.114. The number of anilines is 3. The van der Waals surface area contributed by atoms with E-state index >= 15 is 0 Å². The van der Waals surface area contributed by atoms with Crippen LogP contribution in [0.15, 0.2) is 194 Å². The second-order valence-electron chi connectivity index (χ2n) is 16.3. The van der Waals surface area contributed by atoms with Crippen LogP contribution in [0.25, 0.3) is 27.6 Å². The lowest BCUT2D eigenvalue weighted by Crippen LogP contribution is -2.74. The Hall–Kier alpha value is -6.89. The van der Waals surface area contributed by atoms with Gasteiger partial charge in [-0.3, -0.25) is 4.57 Å². The number of pyridine rings is 1. The molecule has 9 aromatic rings. The van der Waals surface area contributed by atoms with Crippen molar-refractivity contribution in [1.82, 2.24) is 9.55 Å². The van der Waals surface area contributed by atoms with E-state index in [-0.39, 0.29) is 12.1 Å². The van der Waals surface area contributed by atoms with E-state index in [1.807, 2.05) is 36.5 Å². The van der Waals surface area contributed by atoms with Gasteiger partial charge >= 0.3 is 0 Å². The highest BCUT2D eigenvalue weighted by atomic mass is 28.3. The number of benzene rings is 7. The van der Waals surface area contributed by atoms with E-state index in [9.17, 15) is 0 Å². The lowest BCUT2D eigenvalue weighted by atomic mass is 9.88. The Morgan fingerprint density at radius 3 is 1.83 bits per heavy atom. The van der Waals surface area contributed by atoms with Crippen LogP contribution < -0.4 is 35.3 Å². The molecule has 0 saturated carbocycles. The van der Waals surface area contributed by atoms with Gasteiger partial charge in [0.2, 0.25) is 0 Å². The molecule has 59 heavy (non-hydrogen) atoms. The van der Waals surface area contributed by atoms with Crippen LogP contribution in [0.3, 0.4) is 0 Å². The molecule has 6 heteroatoms. The normalized spacial score (nSPS) is 13.9. The Bertz CT molecular complexity index is 2980. The summed E-state index contributed by atoms with van der Waals surface area (Å²) in [5.74, 6) is 2.17. The summed E-state index contributed by atoms with van der Waals surface area (Å²) in [5.41, 5.74) is 5.54. The minimum Gasteiger partial charge on any atom is -0.457 e. The van der Waals surface area contributed by atoms with Gasteiger partial charge in [-0.05, 0) is 86.3 Å². The maximum Gasteiger partial charge on any atom is 0.179 e. The first-order valence-electron chi connectivity index (χ1n) is 21.6. The number of rotatable bonds is 8. The van der Waals surface area contributed by atoms with Gasteiger partial charge in [0.1, 0.15) is 17.3 Å². The second kappa shape index (κ2) is 14.5. The summed E-state index contributed by atoms with van der Waals surface area (Å²) in [5, 5.41) is 7.02. The number of nitrogens with zero attached hydrogens (tertiary/aromatic N) is 4.